The number of rotatable bonds is 5. The van der Waals surface area contributed by atoms with Crippen LogP contribution in [0.3, 0.4) is 0 Å². The minimum Gasteiger partial charge on any atom is -0.313 e. The molecule has 1 aromatic rings. The predicted octanol–water partition coefficient (Wildman–Crippen LogP) is 0.794. The van der Waals surface area contributed by atoms with Crippen molar-refractivity contribution in [2.75, 3.05) is 39.8 Å². The van der Waals surface area contributed by atoms with Gasteiger partial charge >= 0.3 is 0 Å². The minimum absolute atomic E-state index is 0.463. The molecule has 0 unspecified atom stereocenters. The summed E-state index contributed by atoms with van der Waals surface area (Å²) in [4.78, 5) is 2.15. The molecule has 2 rings (SSSR count). The molecule has 0 bridgehead atoms. The highest BCUT2D eigenvalue weighted by Crippen LogP contribution is 2.24. The molecule has 1 N–H and O–H groups in total. The number of sulfonamides is 1. The third kappa shape index (κ3) is 3.55. The Bertz CT molecular complexity index is 505. The maximum atomic E-state index is 12.5. The number of hydrogen-bond donors (Lipinski definition) is 1. The van der Waals surface area contributed by atoms with Crippen LogP contribution in [-0.4, -0.2) is 57.4 Å². The molecule has 0 saturated carbocycles. The van der Waals surface area contributed by atoms with Crippen LogP contribution >= 0.6 is 11.3 Å². The summed E-state index contributed by atoms with van der Waals surface area (Å²) in [6, 6.07) is 1.79. The molecule has 19 heavy (non-hydrogen) atoms. The highest BCUT2D eigenvalue weighted by atomic mass is 32.2. The third-order valence-corrected chi connectivity index (χ3v) is 6.63. The second-order valence-electron chi connectivity index (χ2n) is 4.76. The van der Waals surface area contributed by atoms with Crippen LogP contribution in [0.25, 0.3) is 0 Å². The van der Waals surface area contributed by atoms with E-state index in [0.717, 1.165) is 31.7 Å². The van der Waals surface area contributed by atoms with Crippen LogP contribution in [0.15, 0.2) is 15.7 Å². The van der Waals surface area contributed by atoms with Gasteiger partial charge in [0.15, 0.2) is 0 Å². The van der Waals surface area contributed by atoms with E-state index in [9.17, 15) is 8.42 Å². The molecule has 0 aliphatic carbocycles. The van der Waals surface area contributed by atoms with Gasteiger partial charge in [0, 0.05) is 32.7 Å². The Morgan fingerprint density at radius 3 is 2.63 bits per heavy atom. The van der Waals surface area contributed by atoms with Crippen molar-refractivity contribution in [1.29, 1.82) is 0 Å². The van der Waals surface area contributed by atoms with Crippen molar-refractivity contribution in [3.05, 3.63) is 17.0 Å². The standard InChI is InChI=1S/C12H21N3O2S2/c1-3-13-9-11-8-12(18-10-11)19(16,17)15-6-4-14(2)5-7-15/h8,10,13H,3-7,9H2,1-2H3. The predicted molar refractivity (Wildman–Crippen MR) is 78.0 cm³/mol. The Kier molecular flexibility index (Phi) is 4.97. The highest BCUT2D eigenvalue weighted by molar-refractivity contribution is 7.91. The van der Waals surface area contributed by atoms with E-state index in [-0.39, 0.29) is 0 Å². The second-order valence-corrected chi connectivity index (χ2v) is 7.84. The number of nitrogens with one attached hydrogen (secondary N) is 1. The van der Waals surface area contributed by atoms with Crippen LogP contribution in [0.4, 0.5) is 0 Å². The molecule has 1 fully saturated rings. The van der Waals surface area contributed by atoms with Crippen molar-refractivity contribution >= 4 is 21.4 Å². The Morgan fingerprint density at radius 2 is 2.00 bits per heavy atom. The van der Waals surface area contributed by atoms with Gasteiger partial charge in [-0.15, -0.1) is 11.3 Å². The summed E-state index contributed by atoms with van der Waals surface area (Å²) in [6.07, 6.45) is 0. The summed E-state index contributed by atoms with van der Waals surface area (Å²) in [6.45, 7) is 6.41. The zero-order chi connectivity index (χ0) is 13.9. The fourth-order valence-electron chi connectivity index (χ4n) is 2.01. The molecule has 0 radical (unpaired) electrons. The van der Waals surface area contributed by atoms with Gasteiger partial charge in [0.2, 0.25) is 0 Å². The lowest BCUT2D eigenvalue weighted by Gasteiger charge is -2.31. The van der Waals surface area contributed by atoms with Gasteiger partial charge in [0.05, 0.1) is 0 Å². The molecular weight excluding hydrogens is 282 g/mol. The van der Waals surface area contributed by atoms with E-state index in [1.165, 1.54) is 11.3 Å². The maximum Gasteiger partial charge on any atom is 0.252 e. The van der Waals surface area contributed by atoms with Crippen molar-refractivity contribution in [2.45, 2.75) is 17.7 Å². The summed E-state index contributed by atoms with van der Waals surface area (Å²) >= 11 is 1.32. The maximum absolute atomic E-state index is 12.5. The van der Waals surface area contributed by atoms with E-state index < -0.39 is 10.0 Å². The monoisotopic (exact) mass is 303 g/mol. The van der Waals surface area contributed by atoms with Crippen molar-refractivity contribution < 1.29 is 8.42 Å². The average molecular weight is 303 g/mol. The van der Waals surface area contributed by atoms with Crippen LogP contribution in [-0.2, 0) is 16.6 Å². The van der Waals surface area contributed by atoms with E-state index >= 15 is 0 Å². The molecule has 0 atom stereocenters. The SMILES string of the molecule is CCNCc1csc(S(=O)(=O)N2CCN(C)CC2)c1. The molecule has 108 valence electrons. The van der Waals surface area contributed by atoms with Crippen molar-refractivity contribution in [3.8, 4) is 0 Å². The summed E-state index contributed by atoms with van der Waals surface area (Å²) < 4.78 is 27.0. The van der Waals surface area contributed by atoms with Crippen molar-refractivity contribution in [1.82, 2.24) is 14.5 Å². The Labute approximate surface area is 119 Å². The average Bonchev–Trinajstić information content (AvgIpc) is 2.86. The fourth-order valence-corrected chi connectivity index (χ4v) is 4.79. The normalized spacial score (nSPS) is 18.8. The van der Waals surface area contributed by atoms with Gasteiger partial charge in [-0.05, 0) is 30.6 Å². The van der Waals surface area contributed by atoms with Crippen LogP contribution < -0.4 is 5.32 Å². The summed E-state index contributed by atoms with van der Waals surface area (Å²) in [7, 11) is -1.27. The largest absolute Gasteiger partial charge is 0.313 e. The van der Waals surface area contributed by atoms with Gasteiger partial charge in [-0.2, -0.15) is 4.31 Å². The zero-order valence-electron chi connectivity index (χ0n) is 11.4. The third-order valence-electron chi connectivity index (χ3n) is 3.27. The highest BCUT2D eigenvalue weighted by Gasteiger charge is 2.28. The molecule has 0 aromatic carbocycles. The first kappa shape index (κ1) is 14.9. The minimum atomic E-state index is -3.29. The number of hydrogen-bond acceptors (Lipinski definition) is 5. The number of likely N-dealkylation sites (N-methyl/N-ethyl adjacent to an activating group) is 1. The lowest BCUT2D eigenvalue weighted by molar-refractivity contribution is 0.222. The molecule has 5 nitrogen and oxygen atoms in total. The fraction of sp³-hybridized carbons (Fsp3) is 0.667. The molecule has 1 saturated heterocycles. The van der Waals surface area contributed by atoms with E-state index in [0.29, 0.717) is 17.3 Å². The van der Waals surface area contributed by atoms with Crippen LogP contribution in [0.1, 0.15) is 12.5 Å². The van der Waals surface area contributed by atoms with Gasteiger partial charge < -0.3 is 10.2 Å². The number of thiophene rings is 1. The first-order valence-electron chi connectivity index (χ1n) is 6.51. The van der Waals surface area contributed by atoms with Crippen LogP contribution in [0, 0.1) is 0 Å². The molecule has 1 aliphatic rings. The molecule has 0 amide bonds. The first-order valence-corrected chi connectivity index (χ1v) is 8.83. The van der Waals surface area contributed by atoms with Crippen molar-refractivity contribution in [2.24, 2.45) is 0 Å². The lowest BCUT2D eigenvalue weighted by atomic mass is 10.3. The number of nitrogens with zero attached hydrogens (tertiary/aromatic N) is 2. The molecule has 0 spiro atoms. The lowest BCUT2D eigenvalue weighted by Crippen LogP contribution is -2.46. The van der Waals surface area contributed by atoms with Gasteiger partial charge in [-0.25, -0.2) is 8.42 Å². The first-order chi connectivity index (χ1) is 9.04. The Balaban J connectivity index is 2.08. The molecule has 2 heterocycles. The molecule has 1 aliphatic heterocycles. The van der Waals surface area contributed by atoms with Crippen LogP contribution in [0.5, 0.6) is 0 Å². The van der Waals surface area contributed by atoms with Gasteiger partial charge in [-0.3, -0.25) is 0 Å². The van der Waals surface area contributed by atoms with Gasteiger partial charge in [-0.1, -0.05) is 6.92 Å². The van der Waals surface area contributed by atoms with E-state index in [2.05, 4.69) is 10.2 Å². The summed E-state index contributed by atoms with van der Waals surface area (Å²) in [5.41, 5.74) is 1.04. The van der Waals surface area contributed by atoms with E-state index in [1.807, 2.05) is 19.4 Å². The Hall–Kier alpha value is -0.470. The Morgan fingerprint density at radius 1 is 1.32 bits per heavy atom. The van der Waals surface area contributed by atoms with Gasteiger partial charge in [0.25, 0.3) is 10.0 Å². The van der Waals surface area contributed by atoms with E-state index in [4.69, 9.17) is 0 Å². The zero-order valence-corrected chi connectivity index (χ0v) is 13.1. The number of piperazine rings is 1. The molecular formula is C12H21N3O2S2. The van der Waals surface area contributed by atoms with Gasteiger partial charge in [0.1, 0.15) is 4.21 Å². The quantitative estimate of drug-likeness (QED) is 0.874. The molecule has 7 heteroatoms. The van der Waals surface area contributed by atoms with Crippen LogP contribution in [0.2, 0.25) is 0 Å². The molecule has 1 aromatic heterocycles. The second kappa shape index (κ2) is 6.32. The summed E-state index contributed by atoms with van der Waals surface area (Å²) in [5, 5.41) is 5.13. The van der Waals surface area contributed by atoms with Crippen molar-refractivity contribution in [3.63, 3.8) is 0 Å². The summed E-state index contributed by atoms with van der Waals surface area (Å²) in [5.74, 6) is 0. The van der Waals surface area contributed by atoms with E-state index in [1.54, 1.807) is 10.4 Å². The smallest absolute Gasteiger partial charge is 0.252 e. The topological polar surface area (TPSA) is 52.7 Å².